The molecular weight excluding hydrogens is 244 g/mol. The first kappa shape index (κ1) is 11.8. The van der Waals surface area contributed by atoms with Crippen molar-refractivity contribution >= 4 is 10.8 Å². The van der Waals surface area contributed by atoms with Gasteiger partial charge < -0.3 is 0 Å². The number of fused-ring (bicyclic) bond motifs is 1. The first-order valence-corrected chi connectivity index (χ1v) is 5.98. The molecule has 19 heavy (non-hydrogen) atoms. The van der Waals surface area contributed by atoms with E-state index in [9.17, 15) is 8.78 Å². The molecule has 0 aliphatic carbocycles. The molecule has 0 saturated carbocycles. The van der Waals surface area contributed by atoms with Crippen LogP contribution in [0.15, 0.2) is 60.8 Å². The van der Waals surface area contributed by atoms with Crippen molar-refractivity contribution in [2.24, 2.45) is 0 Å². The summed E-state index contributed by atoms with van der Waals surface area (Å²) in [4.78, 5) is 4.33. The van der Waals surface area contributed by atoms with E-state index in [0.29, 0.717) is 0 Å². The summed E-state index contributed by atoms with van der Waals surface area (Å²) >= 11 is 0. The molecule has 0 fully saturated rings. The maximum Gasteiger partial charge on any atom is 0.263 e. The first-order valence-electron chi connectivity index (χ1n) is 5.98. The van der Waals surface area contributed by atoms with E-state index in [-0.39, 0.29) is 5.56 Å². The fourth-order valence-electron chi connectivity index (χ4n) is 2.15. The van der Waals surface area contributed by atoms with Crippen LogP contribution < -0.4 is 0 Å². The van der Waals surface area contributed by atoms with Crippen LogP contribution in [0.2, 0.25) is 0 Å². The van der Waals surface area contributed by atoms with E-state index >= 15 is 0 Å². The van der Waals surface area contributed by atoms with Crippen LogP contribution in [-0.2, 0) is 0 Å². The van der Waals surface area contributed by atoms with Crippen LogP contribution >= 0.6 is 0 Å². The molecule has 0 bridgehead atoms. The molecule has 0 amide bonds. The van der Waals surface area contributed by atoms with Crippen molar-refractivity contribution in [1.82, 2.24) is 4.98 Å². The van der Waals surface area contributed by atoms with Gasteiger partial charge in [0, 0.05) is 22.7 Å². The van der Waals surface area contributed by atoms with Gasteiger partial charge in [0.25, 0.3) is 6.43 Å². The lowest BCUT2D eigenvalue weighted by molar-refractivity contribution is 0.151. The molecule has 3 rings (SSSR count). The Bertz CT molecular complexity index is 708. The number of nitrogens with zero attached hydrogens (tertiary/aromatic N) is 1. The quantitative estimate of drug-likeness (QED) is 0.638. The third-order valence-electron chi connectivity index (χ3n) is 3.09. The molecule has 0 N–H and O–H groups in total. The second-order valence-corrected chi connectivity index (χ2v) is 4.31. The molecule has 0 saturated heterocycles. The normalized spacial score (nSPS) is 11.1. The highest BCUT2D eigenvalue weighted by molar-refractivity contribution is 5.94. The molecular formula is C16H11F2N. The number of alkyl halides is 2. The fourth-order valence-corrected chi connectivity index (χ4v) is 2.15. The highest BCUT2D eigenvalue weighted by Gasteiger charge is 2.10. The molecule has 1 aromatic heterocycles. The van der Waals surface area contributed by atoms with E-state index < -0.39 is 6.43 Å². The van der Waals surface area contributed by atoms with Gasteiger partial charge in [0.05, 0.1) is 5.69 Å². The Balaban J connectivity index is 2.27. The van der Waals surface area contributed by atoms with E-state index in [2.05, 4.69) is 4.98 Å². The third kappa shape index (κ3) is 2.19. The summed E-state index contributed by atoms with van der Waals surface area (Å²) in [5, 5.41) is 1.67. The van der Waals surface area contributed by atoms with Gasteiger partial charge in [-0.3, -0.25) is 4.98 Å². The van der Waals surface area contributed by atoms with Gasteiger partial charge in [-0.25, -0.2) is 8.78 Å². The number of benzene rings is 2. The van der Waals surface area contributed by atoms with Crippen LogP contribution in [0.5, 0.6) is 0 Å². The minimum Gasteiger partial charge on any atom is -0.256 e. The minimum absolute atomic E-state index is 0.0256. The van der Waals surface area contributed by atoms with Crippen LogP contribution in [0.3, 0.4) is 0 Å². The van der Waals surface area contributed by atoms with Crippen molar-refractivity contribution in [1.29, 1.82) is 0 Å². The standard InChI is InChI=1S/C16H11F2N/c17-16(18)13-7-6-11-8-9-19-15(14(11)10-13)12-4-2-1-3-5-12/h1-10,16H. The van der Waals surface area contributed by atoms with Gasteiger partial charge >= 0.3 is 0 Å². The summed E-state index contributed by atoms with van der Waals surface area (Å²) in [5.41, 5.74) is 1.69. The summed E-state index contributed by atoms with van der Waals surface area (Å²) in [6.45, 7) is 0. The number of aromatic nitrogens is 1. The Labute approximate surface area is 109 Å². The summed E-state index contributed by atoms with van der Waals surface area (Å²) in [7, 11) is 0. The molecule has 94 valence electrons. The number of pyridine rings is 1. The molecule has 1 nitrogen and oxygen atoms in total. The van der Waals surface area contributed by atoms with Crippen molar-refractivity contribution in [3.05, 3.63) is 66.4 Å². The highest BCUT2D eigenvalue weighted by Crippen LogP contribution is 2.29. The zero-order chi connectivity index (χ0) is 13.2. The molecule has 3 heteroatoms. The Morgan fingerprint density at radius 2 is 1.68 bits per heavy atom. The Morgan fingerprint density at radius 3 is 2.42 bits per heavy atom. The highest BCUT2D eigenvalue weighted by atomic mass is 19.3. The molecule has 0 aliphatic rings. The lowest BCUT2D eigenvalue weighted by Crippen LogP contribution is -1.89. The van der Waals surface area contributed by atoms with Gasteiger partial charge in [-0.15, -0.1) is 0 Å². The summed E-state index contributed by atoms with van der Waals surface area (Å²) in [6, 6.07) is 16.1. The number of halogens is 2. The van der Waals surface area contributed by atoms with Crippen LogP contribution in [-0.4, -0.2) is 4.98 Å². The smallest absolute Gasteiger partial charge is 0.256 e. The largest absolute Gasteiger partial charge is 0.263 e. The SMILES string of the molecule is FC(F)c1ccc2ccnc(-c3ccccc3)c2c1. The number of rotatable bonds is 2. The number of hydrogen-bond donors (Lipinski definition) is 0. The van der Waals surface area contributed by atoms with Crippen molar-refractivity contribution in [3.8, 4) is 11.3 Å². The lowest BCUT2D eigenvalue weighted by atomic mass is 10.0. The summed E-state index contributed by atoms with van der Waals surface area (Å²) < 4.78 is 25.6. The predicted molar refractivity (Wildman–Crippen MR) is 72.1 cm³/mol. The van der Waals surface area contributed by atoms with Crippen molar-refractivity contribution < 1.29 is 8.78 Å². The first-order chi connectivity index (χ1) is 9.25. The minimum atomic E-state index is -2.46. The molecule has 3 aromatic rings. The fraction of sp³-hybridized carbons (Fsp3) is 0.0625. The monoisotopic (exact) mass is 255 g/mol. The average Bonchev–Trinajstić information content (AvgIpc) is 2.47. The van der Waals surface area contributed by atoms with E-state index in [0.717, 1.165) is 22.0 Å². The van der Waals surface area contributed by atoms with Gasteiger partial charge in [-0.1, -0.05) is 42.5 Å². The average molecular weight is 255 g/mol. The van der Waals surface area contributed by atoms with E-state index in [4.69, 9.17) is 0 Å². The third-order valence-corrected chi connectivity index (χ3v) is 3.09. The van der Waals surface area contributed by atoms with Crippen molar-refractivity contribution in [2.75, 3.05) is 0 Å². The number of hydrogen-bond acceptors (Lipinski definition) is 1. The van der Waals surface area contributed by atoms with Crippen LogP contribution in [0, 0.1) is 0 Å². The zero-order valence-corrected chi connectivity index (χ0v) is 10.1. The van der Waals surface area contributed by atoms with Crippen LogP contribution in [0.1, 0.15) is 12.0 Å². The van der Waals surface area contributed by atoms with Gasteiger partial charge in [-0.05, 0) is 17.5 Å². The predicted octanol–water partition coefficient (Wildman–Crippen LogP) is 4.84. The van der Waals surface area contributed by atoms with Crippen molar-refractivity contribution in [3.63, 3.8) is 0 Å². The summed E-state index contributed by atoms with van der Waals surface area (Å²) in [5.74, 6) is 0. The molecule has 0 aliphatic heterocycles. The molecule has 1 heterocycles. The molecule has 0 atom stereocenters. The Hall–Kier alpha value is -2.29. The molecule has 0 spiro atoms. The van der Waals surface area contributed by atoms with Gasteiger partial charge in [0.1, 0.15) is 0 Å². The van der Waals surface area contributed by atoms with E-state index in [1.165, 1.54) is 12.1 Å². The van der Waals surface area contributed by atoms with Gasteiger partial charge in [-0.2, -0.15) is 0 Å². The Morgan fingerprint density at radius 1 is 0.895 bits per heavy atom. The second kappa shape index (κ2) is 4.76. The molecule has 0 radical (unpaired) electrons. The second-order valence-electron chi connectivity index (χ2n) is 4.31. The Kier molecular flexibility index (Phi) is 2.95. The summed E-state index contributed by atoms with van der Waals surface area (Å²) in [6.07, 6.45) is -0.763. The van der Waals surface area contributed by atoms with Crippen LogP contribution in [0.25, 0.3) is 22.0 Å². The van der Waals surface area contributed by atoms with Crippen molar-refractivity contribution in [2.45, 2.75) is 6.43 Å². The zero-order valence-electron chi connectivity index (χ0n) is 10.1. The maximum absolute atomic E-state index is 12.8. The topological polar surface area (TPSA) is 12.9 Å². The molecule has 2 aromatic carbocycles. The van der Waals surface area contributed by atoms with Gasteiger partial charge in [0.15, 0.2) is 0 Å². The lowest BCUT2D eigenvalue weighted by Gasteiger charge is -2.07. The van der Waals surface area contributed by atoms with Gasteiger partial charge in [0.2, 0.25) is 0 Å². The van der Waals surface area contributed by atoms with E-state index in [1.54, 1.807) is 12.3 Å². The maximum atomic E-state index is 12.8. The molecule has 0 unspecified atom stereocenters. The van der Waals surface area contributed by atoms with Crippen LogP contribution in [0.4, 0.5) is 8.78 Å². The van der Waals surface area contributed by atoms with E-state index in [1.807, 2.05) is 36.4 Å².